The average Bonchev–Trinajstić information content (AvgIpc) is 2.58. The molecule has 1 heterocycles. The lowest BCUT2D eigenvalue weighted by Gasteiger charge is -2.06. The Morgan fingerprint density at radius 1 is 0.895 bits per heavy atom. The minimum Gasteiger partial charge on any atom is -0.219 e. The predicted molar refractivity (Wildman–Crippen MR) is 76.5 cm³/mol. The molecule has 0 aromatic heterocycles. The smallest absolute Gasteiger partial charge is 0.203 e. The molecule has 0 saturated heterocycles. The van der Waals surface area contributed by atoms with E-state index in [0.29, 0.717) is 9.80 Å². The molecule has 3 heteroatoms. The van der Waals surface area contributed by atoms with Crippen molar-refractivity contribution in [1.82, 2.24) is 0 Å². The minimum absolute atomic E-state index is 0.425. The highest BCUT2D eigenvalue weighted by molar-refractivity contribution is 7.95. The molecule has 19 heavy (non-hydrogen) atoms. The number of sulfone groups is 1. The molecule has 0 N–H and O–H groups in total. The Morgan fingerprint density at radius 2 is 1.58 bits per heavy atom. The fourth-order valence-electron chi connectivity index (χ4n) is 2.53. The number of allylic oxidation sites excluding steroid dienone is 1. The fourth-order valence-corrected chi connectivity index (χ4v) is 4.05. The van der Waals surface area contributed by atoms with Gasteiger partial charge in [-0.1, -0.05) is 48.0 Å². The van der Waals surface area contributed by atoms with Gasteiger partial charge in [-0.2, -0.15) is 0 Å². The molecule has 2 aromatic rings. The van der Waals surface area contributed by atoms with Crippen molar-refractivity contribution in [2.24, 2.45) is 0 Å². The van der Waals surface area contributed by atoms with Crippen molar-refractivity contribution < 1.29 is 8.42 Å². The van der Waals surface area contributed by atoms with Gasteiger partial charge >= 0.3 is 0 Å². The van der Waals surface area contributed by atoms with E-state index in [1.807, 2.05) is 49.4 Å². The minimum atomic E-state index is -3.32. The Bertz CT molecular complexity index is 785. The van der Waals surface area contributed by atoms with Crippen molar-refractivity contribution in [3.8, 4) is 0 Å². The third-order valence-electron chi connectivity index (χ3n) is 3.51. The maximum absolute atomic E-state index is 12.4. The number of fused-ring (bicyclic) bond motifs is 1. The number of hydrogen-bond donors (Lipinski definition) is 0. The van der Waals surface area contributed by atoms with Crippen LogP contribution in [0.2, 0.25) is 0 Å². The van der Waals surface area contributed by atoms with Crippen molar-refractivity contribution in [2.75, 3.05) is 0 Å². The van der Waals surface area contributed by atoms with Crippen molar-refractivity contribution >= 4 is 15.4 Å². The van der Waals surface area contributed by atoms with Gasteiger partial charge in [0.2, 0.25) is 9.84 Å². The van der Waals surface area contributed by atoms with Crippen molar-refractivity contribution in [1.29, 1.82) is 0 Å². The van der Waals surface area contributed by atoms with Crippen molar-refractivity contribution in [2.45, 2.75) is 18.7 Å². The van der Waals surface area contributed by atoms with Crippen molar-refractivity contribution in [3.05, 3.63) is 70.1 Å². The number of aryl methyl sites for hydroxylation is 1. The van der Waals surface area contributed by atoms with E-state index in [2.05, 4.69) is 0 Å². The van der Waals surface area contributed by atoms with Crippen molar-refractivity contribution in [3.63, 3.8) is 0 Å². The Morgan fingerprint density at radius 3 is 2.26 bits per heavy atom. The Balaban J connectivity index is 2.38. The molecule has 2 nitrogen and oxygen atoms in total. The molecule has 0 atom stereocenters. The van der Waals surface area contributed by atoms with Crippen LogP contribution in [0.5, 0.6) is 0 Å². The van der Waals surface area contributed by atoms with Gasteiger partial charge < -0.3 is 0 Å². The van der Waals surface area contributed by atoms with Gasteiger partial charge in [-0.15, -0.1) is 0 Å². The molecule has 0 bridgehead atoms. The average molecular weight is 270 g/mol. The first-order valence-corrected chi connectivity index (χ1v) is 7.62. The summed E-state index contributed by atoms with van der Waals surface area (Å²) >= 11 is 0. The fraction of sp³-hybridized carbons (Fsp3) is 0.125. The standard InChI is InChI=1S/C16H14O2S/c1-11-8-9-15-14(10-11)16(12(2)19(15,17)18)13-6-4-3-5-7-13/h3-10H,1-2H3. The third-order valence-corrected chi connectivity index (χ3v) is 5.46. The van der Waals surface area contributed by atoms with E-state index >= 15 is 0 Å². The van der Waals surface area contributed by atoms with Crippen LogP contribution in [0.25, 0.3) is 5.57 Å². The van der Waals surface area contributed by atoms with E-state index < -0.39 is 9.84 Å². The molecule has 0 spiro atoms. The van der Waals surface area contributed by atoms with Gasteiger partial charge in [-0.25, -0.2) is 8.42 Å². The molecule has 0 amide bonds. The number of benzene rings is 2. The van der Waals surface area contributed by atoms with Gasteiger partial charge in [0, 0.05) is 11.1 Å². The SMILES string of the molecule is CC1=C(c2ccccc2)c2cc(C)ccc2S1(=O)=O. The van der Waals surface area contributed by atoms with E-state index in [4.69, 9.17) is 0 Å². The second-order valence-corrected chi connectivity index (χ2v) is 6.86. The molecule has 96 valence electrons. The lowest BCUT2D eigenvalue weighted by atomic mass is 9.97. The molecule has 0 saturated carbocycles. The zero-order chi connectivity index (χ0) is 13.6. The third kappa shape index (κ3) is 1.73. The van der Waals surface area contributed by atoms with Gasteiger partial charge in [0.15, 0.2) is 0 Å². The zero-order valence-corrected chi connectivity index (χ0v) is 11.7. The Hall–Kier alpha value is -1.87. The molecule has 1 aliphatic rings. The molecule has 1 aliphatic heterocycles. The summed E-state index contributed by atoms with van der Waals surface area (Å²) in [7, 11) is -3.32. The highest BCUT2D eigenvalue weighted by Crippen LogP contribution is 2.42. The summed E-state index contributed by atoms with van der Waals surface area (Å²) in [4.78, 5) is 0.869. The summed E-state index contributed by atoms with van der Waals surface area (Å²) in [6, 6.07) is 15.2. The van der Waals surface area contributed by atoms with Crippen LogP contribution < -0.4 is 0 Å². The van der Waals surface area contributed by atoms with Crippen LogP contribution >= 0.6 is 0 Å². The van der Waals surface area contributed by atoms with E-state index in [9.17, 15) is 8.42 Å². The normalized spacial score (nSPS) is 16.5. The number of hydrogen-bond acceptors (Lipinski definition) is 2. The van der Waals surface area contributed by atoms with E-state index in [1.54, 1.807) is 13.0 Å². The van der Waals surface area contributed by atoms with Gasteiger partial charge in [-0.3, -0.25) is 0 Å². The van der Waals surface area contributed by atoms with Crippen LogP contribution in [0, 0.1) is 6.92 Å². The second kappa shape index (κ2) is 4.07. The summed E-state index contributed by atoms with van der Waals surface area (Å²) in [5, 5.41) is 0. The molecule has 2 aromatic carbocycles. The molecule has 0 radical (unpaired) electrons. The van der Waals surface area contributed by atoms with E-state index in [0.717, 1.165) is 22.3 Å². The first-order valence-electron chi connectivity index (χ1n) is 6.14. The first kappa shape index (κ1) is 12.2. The van der Waals surface area contributed by atoms with E-state index in [1.165, 1.54) is 0 Å². The topological polar surface area (TPSA) is 34.1 Å². The first-order chi connectivity index (χ1) is 9.01. The van der Waals surface area contributed by atoms with Gasteiger partial charge in [0.05, 0.1) is 9.80 Å². The van der Waals surface area contributed by atoms with Crippen LogP contribution in [-0.4, -0.2) is 8.42 Å². The van der Waals surface area contributed by atoms with Gasteiger partial charge in [-0.05, 0) is 25.5 Å². The molecule has 0 aliphatic carbocycles. The summed E-state index contributed by atoms with van der Waals surface area (Å²) in [5.41, 5.74) is 3.67. The number of rotatable bonds is 1. The summed E-state index contributed by atoms with van der Waals surface area (Å²) in [6.45, 7) is 3.66. The molecule has 3 rings (SSSR count). The van der Waals surface area contributed by atoms with E-state index in [-0.39, 0.29) is 0 Å². The molecule has 0 unspecified atom stereocenters. The molecule has 0 fully saturated rings. The quantitative estimate of drug-likeness (QED) is 0.794. The van der Waals surface area contributed by atoms with Crippen LogP contribution in [0.15, 0.2) is 58.3 Å². The highest BCUT2D eigenvalue weighted by atomic mass is 32.2. The van der Waals surface area contributed by atoms with Crippen LogP contribution in [0.1, 0.15) is 23.6 Å². The summed E-state index contributed by atoms with van der Waals surface area (Å²) < 4.78 is 24.8. The lowest BCUT2D eigenvalue weighted by molar-refractivity contribution is 0.603. The summed E-state index contributed by atoms with van der Waals surface area (Å²) in [5.74, 6) is 0. The maximum Gasteiger partial charge on any atom is 0.203 e. The van der Waals surface area contributed by atoms with Crippen LogP contribution in [-0.2, 0) is 9.84 Å². The molecular weight excluding hydrogens is 256 g/mol. The van der Waals surface area contributed by atoms with Crippen LogP contribution in [0.4, 0.5) is 0 Å². The lowest BCUT2D eigenvalue weighted by Crippen LogP contribution is -1.97. The Labute approximate surface area is 113 Å². The second-order valence-electron chi connectivity index (χ2n) is 4.80. The highest BCUT2D eigenvalue weighted by Gasteiger charge is 2.33. The Kier molecular flexibility index (Phi) is 2.61. The molecular formula is C16H14O2S. The van der Waals surface area contributed by atoms with Gasteiger partial charge in [0.1, 0.15) is 0 Å². The largest absolute Gasteiger partial charge is 0.219 e. The van der Waals surface area contributed by atoms with Crippen LogP contribution in [0.3, 0.4) is 0 Å². The maximum atomic E-state index is 12.4. The summed E-state index contributed by atoms with van der Waals surface area (Å²) in [6.07, 6.45) is 0. The zero-order valence-electron chi connectivity index (χ0n) is 10.8. The predicted octanol–water partition coefficient (Wildman–Crippen LogP) is 3.56. The monoisotopic (exact) mass is 270 g/mol. The van der Waals surface area contributed by atoms with Gasteiger partial charge in [0.25, 0.3) is 0 Å².